The Morgan fingerprint density at radius 3 is 2.71 bits per heavy atom. The predicted octanol–water partition coefficient (Wildman–Crippen LogP) is 2.13. The summed E-state index contributed by atoms with van der Waals surface area (Å²) in [5, 5.41) is 11.7. The van der Waals surface area contributed by atoms with E-state index in [4.69, 9.17) is 0 Å². The van der Waals surface area contributed by atoms with Crippen LogP contribution in [-0.4, -0.2) is 26.9 Å². The molecule has 2 aromatic heterocycles. The van der Waals surface area contributed by atoms with Gasteiger partial charge in [-0.2, -0.15) is 0 Å². The first-order valence-corrected chi connectivity index (χ1v) is 8.31. The van der Waals surface area contributed by atoms with Crippen molar-refractivity contribution in [3.63, 3.8) is 0 Å². The number of urea groups is 1. The summed E-state index contributed by atoms with van der Waals surface area (Å²) in [5.41, 5.74) is 0.508. The van der Waals surface area contributed by atoms with Gasteiger partial charge in [-0.15, -0.1) is 16.4 Å². The molecule has 3 rings (SSSR count). The van der Waals surface area contributed by atoms with Crippen molar-refractivity contribution >= 4 is 23.1 Å². The molecule has 2 amide bonds. The van der Waals surface area contributed by atoms with Gasteiger partial charge in [0, 0.05) is 19.3 Å². The molecule has 0 radical (unpaired) electrons. The zero-order chi connectivity index (χ0) is 16.9. The Balaban J connectivity index is 1.58. The van der Waals surface area contributed by atoms with E-state index in [1.54, 1.807) is 19.2 Å². The predicted molar refractivity (Wildman–Crippen MR) is 94.2 cm³/mol. The summed E-state index contributed by atoms with van der Waals surface area (Å²) in [5.74, 6) is 0.628. The summed E-state index contributed by atoms with van der Waals surface area (Å²) in [4.78, 5) is 24.9. The number of hydrogen-bond donors (Lipinski definition) is 2. The molecule has 2 heterocycles. The quantitative estimate of drug-likeness (QED) is 0.745. The van der Waals surface area contributed by atoms with Gasteiger partial charge in [-0.25, -0.2) is 14.3 Å². The minimum absolute atomic E-state index is 0.205. The number of hydrogen-bond acceptors (Lipinski definition) is 4. The topological polar surface area (TPSA) is 81.0 Å². The van der Waals surface area contributed by atoms with Crippen LogP contribution in [0, 0.1) is 0 Å². The summed E-state index contributed by atoms with van der Waals surface area (Å²) >= 11 is 1.53. The summed E-state index contributed by atoms with van der Waals surface area (Å²) < 4.78 is 2.87. The van der Waals surface area contributed by atoms with Gasteiger partial charge in [0.15, 0.2) is 5.82 Å². The third kappa shape index (κ3) is 3.54. The number of rotatable bonds is 5. The van der Waals surface area contributed by atoms with Gasteiger partial charge in [0.2, 0.25) is 0 Å². The Bertz CT molecular complexity index is 868. The van der Waals surface area contributed by atoms with Crippen LogP contribution < -0.4 is 16.3 Å². The second kappa shape index (κ2) is 7.14. The van der Waals surface area contributed by atoms with E-state index in [1.807, 2.05) is 35.7 Å². The zero-order valence-corrected chi connectivity index (χ0v) is 13.9. The molecule has 0 atom stereocenters. The fourth-order valence-corrected chi connectivity index (χ4v) is 2.97. The van der Waals surface area contributed by atoms with E-state index in [-0.39, 0.29) is 11.7 Å². The standard InChI is InChI=1S/C16H17N5O2S/c1-20-14(13-8-5-11-24-13)19-21(16(20)23)10-9-17-15(22)18-12-6-3-2-4-7-12/h2-8,11H,9-10H2,1H3,(H2,17,18,22). The van der Waals surface area contributed by atoms with Crippen molar-refractivity contribution in [3.8, 4) is 10.7 Å². The lowest BCUT2D eigenvalue weighted by molar-refractivity contribution is 0.251. The Hall–Kier alpha value is -2.87. The number of carbonyl (C=O) groups is 1. The smallest absolute Gasteiger partial charge is 0.336 e. The number of nitrogens with zero attached hydrogens (tertiary/aromatic N) is 3. The molecule has 24 heavy (non-hydrogen) atoms. The highest BCUT2D eigenvalue weighted by Crippen LogP contribution is 2.20. The fraction of sp³-hybridized carbons (Fsp3) is 0.188. The first-order chi connectivity index (χ1) is 11.6. The van der Waals surface area contributed by atoms with Crippen molar-refractivity contribution in [2.24, 2.45) is 7.05 Å². The molecule has 1 aromatic carbocycles. The Kier molecular flexibility index (Phi) is 4.76. The molecule has 0 saturated carbocycles. The third-order valence-electron chi connectivity index (χ3n) is 3.42. The van der Waals surface area contributed by atoms with Crippen LogP contribution in [0.25, 0.3) is 10.7 Å². The van der Waals surface area contributed by atoms with Gasteiger partial charge in [-0.05, 0) is 23.6 Å². The number of carbonyl (C=O) groups excluding carboxylic acids is 1. The largest absolute Gasteiger partial charge is 0.346 e. The van der Waals surface area contributed by atoms with E-state index >= 15 is 0 Å². The third-order valence-corrected chi connectivity index (χ3v) is 4.29. The van der Waals surface area contributed by atoms with Crippen LogP contribution in [0.5, 0.6) is 0 Å². The number of amides is 2. The second-order valence-corrected chi connectivity index (χ2v) is 6.06. The van der Waals surface area contributed by atoms with Gasteiger partial charge in [0.1, 0.15) is 0 Å². The summed E-state index contributed by atoms with van der Waals surface area (Å²) in [6.07, 6.45) is 0. The van der Waals surface area contributed by atoms with Crippen LogP contribution in [0.4, 0.5) is 10.5 Å². The highest BCUT2D eigenvalue weighted by atomic mass is 32.1. The summed E-state index contributed by atoms with van der Waals surface area (Å²) in [6, 6.07) is 12.7. The van der Waals surface area contributed by atoms with Crippen molar-refractivity contribution in [3.05, 3.63) is 58.3 Å². The van der Waals surface area contributed by atoms with E-state index in [0.717, 1.165) is 4.88 Å². The van der Waals surface area contributed by atoms with Gasteiger partial charge < -0.3 is 10.6 Å². The van der Waals surface area contributed by atoms with Gasteiger partial charge in [0.05, 0.1) is 11.4 Å². The highest BCUT2D eigenvalue weighted by Gasteiger charge is 2.12. The molecule has 3 aromatic rings. The molecule has 0 aliphatic rings. The molecular formula is C16H17N5O2S. The minimum Gasteiger partial charge on any atom is -0.336 e. The zero-order valence-electron chi connectivity index (χ0n) is 13.1. The first kappa shape index (κ1) is 16.0. The monoisotopic (exact) mass is 343 g/mol. The van der Waals surface area contributed by atoms with E-state index in [9.17, 15) is 9.59 Å². The number of thiophene rings is 1. The lowest BCUT2D eigenvalue weighted by Gasteiger charge is -2.06. The van der Waals surface area contributed by atoms with Crippen LogP contribution in [0.1, 0.15) is 0 Å². The Labute approximate surface area is 142 Å². The summed E-state index contributed by atoms with van der Waals surface area (Å²) in [6.45, 7) is 0.611. The van der Waals surface area contributed by atoms with Crippen LogP contribution in [-0.2, 0) is 13.6 Å². The van der Waals surface area contributed by atoms with Crippen molar-refractivity contribution in [1.82, 2.24) is 19.7 Å². The maximum atomic E-state index is 12.2. The van der Waals surface area contributed by atoms with E-state index in [1.165, 1.54) is 20.6 Å². The number of aromatic nitrogens is 3. The van der Waals surface area contributed by atoms with E-state index < -0.39 is 0 Å². The lowest BCUT2D eigenvalue weighted by atomic mass is 10.3. The molecule has 8 heteroatoms. The number of anilines is 1. The van der Waals surface area contributed by atoms with Crippen molar-refractivity contribution in [2.75, 3.05) is 11.9 Å². The van der Waals surface area contributed by atoms with Gasteiger partial charge in [-0.1, -0.05) is 24.3 Å². The molecule has 0 unspecified atom stereocenters. The Morgan fingerprint density at radius 2 is 2.00 bits per heavy atom. The first-order valence-electron chi connectivity index (χ1n) is 7.43. The number of benzene rings is 1. The molecule has 124 valence electrons. The van der Waals surface area contributed by atoms with Crippen LogP contribution in [0.3, 0.4) is 0 Å². The maximum absolute atomic E-state index is 12.2. The molecule has 2 N–H and O–H groups in total. The molecule has 0 fully saturated rings. The van der Waals surface area contributed by atoms with E-state index in [2.05, 4.69) is 15.7 Å². The SMILES string of the molecule is Cn1c(-c2cccs2)nn(CCNC(=O)Nc2ccccc2)c1=O. The normalized spacial score (nSPS) is 10.5. The van der Waals surface area contributed by atoms with Crippen LogP contribution >= 0.6 is 11.3 Å². The molecule has 0 spiro atoms. The molecule has 7 nitrogen and oxygen atoms in total. The van der Waals surface area contributed by atoms with Crippen molar-refractivity contribution in [2.45, 2.75) is 6.54 Å². The summed E-state index contributed by atoms with van der Waals surface area (Å²) in [7, 11) is 1.69. The highest BCUT2D eigenvalue weighted by molar-refractivity contribution is 7.13. The molecule has 0 aliphatic heterocycles. The van der Waals surface area contributed by atoms with Crippen molar-refractivity contribution in [1.29, 1.82) is 0 Å². The molecule has 0 aliphatic carbocycles. The van der Waals surface area contributed by atoms with Gasteiger partial charge >= 0.3 is 11.7 Å². The average molecular weight is 343 g/mol. The molecular weight excluding hydrogens is 326 g/mol. The molecule has 0 saturated heterocycles. The second-order valence-electron chi connectivity index (χ2n) is 5.11. The number of para-hydroxylation sites is 1. The van der Waals surface area contributed by atoms with Crippen molar-refractivity contribution < 1.29 is 4.79 Å². The average Bonchev–Trinajstić information content (AvgIpc) is 3.20. The molecule has 0 bridgehead atoms. The van der Waals surface area contributed by atoms with E-state index in [0.29, 0.717) is 24.6 Å². The van der Waals surface area contributed by atoms with Gasteiger partial charge in [-0.3, -0.25) is 4.57 Å². The maximum Gasteiger partial charge on any atom is 0.346 e. The fourth-order valence-electron chi connectivity index (χ4n) is 2.23. The van der Waals surface area contributed by atoms with Gasteiger partial charge in [0.25, 0.3) is 0 Å². The van der Waals surface area contributed by atoms with Crippen LogP contribution in [0.2, 0.25) is 0 Å². The van der Waals surface area contributed by atoms with Crippen LogP contribution in [0.15, 0.2) is 52.6 Å². The number of nitrogens with one attached hydrogen (secondary N) is 2. The lowest BCUT2D eigenvalue weighted by Crippen LogP contribution is -2.34. The minimum atomic E-state index is -0.316. The Morgan fingerprint density at radius 1 is 1.21 bits per heavy atom.